The van der Waals surface area contributed by atoms with Gasteiger partial charge in [0.05, 0.1) is 13.1 Å². The van der Waals surface area contributed by atoms with E-state index in [0.717, 1.165) is 17.9 Å². The van der Waals surface area contributed by atoms with Crippen molar-refractivity contribution in [1.29, 1.82) is 0 Å². The number of aromatic nitrogens is 3. The number of guanidine groups is 1. The minimum Gasteiger partial charge on any atom is -0.484 e. The van der Waals surface area contributed by atoms with Crippen molar-refractivity contribution >= 4 is 29.9 Å². The molecular weight excluding hydrogens is 488 g/mol. The number of nitrogens with zero attached hydrogens (tertiary/aromatic N) is 4. The van der Waals surface area contributed by atoms with Crippen LogP contribution < -0.4 is 15.4 Å². The average molecular weight is 512 g/mol. The fourth-order valence-corrected chi connectivity index (χ4v) is 2.21. The Balaban J connectivity index is 0.00000392. The summed E-state index contributed by atoms with van der Waals surface area (Å²) in [4.78, 5) is 4.47. The molecule has 2 rings (SSSR count). The zero-order valence-electron chi connectivity index (χ0n) is 15.7. The molecule has 156 valence electrons. The highest BCUT2D eigenvalue weighted by Crippen LogP contribution is 2.19. The lowest BCUT2D eigenvalue weighted by atomic mass is 10.2. The quantitative estimate of drug-likeness (QED) is 0.323. The topological polar surface area (TPSA) is 76.4 Å². The highest BCUT2D eigenvalue weighted by molar-refractivity contribution is 14.0. The normalized spacial score (nSPS) is 11.7. The Kier molecular flexibility index (Phi) is 10.0. The zero-order chi connectivity index (χ0) is 19.7. The number of ether oxygens (including phenoxy) is 1. The van der Waals surface area contributed by atoms with Gasteiger partial charge in [0.25, 0.3) is 0 Å². The van der Waals surface area contributed by atoms with E-state index in [4.69, 9.17) is 4.74 Å². The Bertz CT molecular complexity index is 733. The molecule has 0 spiro atoms. The van der Waals surface area contributed by atoms with Gasteiger partial charge in [0.15, 0.2) is 18.4 Å². The lowest BCUT2D eigenvalue weighted by Gasteiger charge is -2.12. The molecule has 28 heavy (non-hydrogen) atoms. The van der Waals surface area contributed by atoms with E-state index in [1.807, 2.05) is 18.4 Å². The molecule has 1 aromatic carbocycles. The summed E-state index contributed by atoms with van der Waals surface area (Å²) in [5.74, 6) is 1.58. The summed E-state index contributed by atoms with van der Waals surface area (Å²) in [5, 5.41) is 14.2. The highest BCUT2D eigenvalue weighted by atomic mass is 127. The fourth-order valence-electron chi connectivity index (χ4n) is 2.21. The summed E-state index contributed by atoms with van der Waals surface area (Å²) in [6.07, 6.45) is -2.68. The number of alkyl halides is 3. The van der Waals surface area contributed by atoms with E-state index in [9.17, 15) is 13.2 Å². The Hall–Kier alpha value is -2.05. The second-order valence-electron chi connectivity index (χ2n) is 5.63. The van der Waals surface area contributed by atoms with Crippen molar-refractivity contribution in [2.24, 2.45) is 4.99 Å². The lowest BCUT2D eigenvalue weighted by molar-refractivity contribution is -0.153. The third-order valence-electron chi connectivity index (χ3n) is 3.54. The highest BCUT2D eigenvalue weighted by Gasteiger charge is 2.28. The van der Waals surface area contributed by atoms with Gasteiger partial charge in [-0.3, -0.25) is 0 Å². The third-order valence-corrected chi connectivity index (χ3v) is 3.54. The summed E-state index contributed by atoms with van der Waals surface area (Å²) < 4.78 is 43.1. The van der Waals surface area contributed by atoms with E-state index in [1.165, 1.54) is 12.1 Å². The predicted octanol–water partition coefficient (Wildman–Crippen LogP) is 3.11. The predicted molar refractivity (Wildman–Crippen MR) is 111 cm³/mol. The van der Waals surface area contributed by atoms with Crippen LogP contribution in [0.2, 0.25) is 0 Å². The molecule has 0 atom stereocenters. The summed E-state index contributed by atoms with van der Waals surface area (Å²) >= 11 is 0. The van der Waals surface area contributed by atoms with E-state index < -0.39 is 12.8 Å². The molecule has 0 unspecified atom stereocenters. The summed E-state index contributed by atoms with van der Waals surface area (Å²) in [5.41, 5.74) is 0.850. The maximum atomic E-state index is 12.2. The van der Waals surface area contributed by atoms with Crippen LogP contribution in [-0.4, -0.2) is 40.1 Å². The van der Waals surface area contributed by atoms with Crippen LogP contribution in [0.1, 0.15) is 25.2 Å². The molecule has 2 N–H and O–H groups in total. The van der Waals surface area contributed by atoms with Crippen LogP contribution in [0.4, 0.5) is 13.2 Å². The number of hydrogen-bond acceptors (Lipinski definition) is 4. The van der Waals surface area contributed by atoms with Crippen molar-refractivity contribution in [3.8, 4) is 5.75 Å². The SMILES string of the molecule is CCNC(=NCc1ccc(OCC(F)(F)F)cc1)NCc1nncn1CC.I. The number of nitrogens with one attached hydrogen (secondary N) is 2. The molecule has 2 aromatic rings. The van der Waals surface area contributed by atoms with Gasteiger partial charge >= 0.3 is 6.18 Å². The molecule has 0 saturated heterocycles. The number of rotatable bonds is 8. The van der Waals surface area contributed by atoms with Gasteiger partial charge in [0.2, 0.25) is 0 Å². The first-order chi connectivity index (χ1) is 12.9. The molecular formula is C17H24F3IN6O. The van der Waals surface area contributed by atoms with Crippen molar-refractivity contribution in [1.82, 2.24) is 25.4 Å². The van der Waals surface area contributed by atoms with Crippen LogP contribution in [0.5, 0.6) is 5.75 Å². The largest absolute Gasteiger partial charge is 0.484 e. The number of aliphatic imine (C=N–C) groups is 1. The Morgan fingerprint density at radius 2 is 1.89 bits per heavy atom. The second kappa shape index (κ2) is 11.7. The van der Waals surface area contributed by atoms with Gasteiger partial charge in [-0.1, -0.05) is 12.1 Å². The second-order valence-corrected chi connectivity index (χ2v) is 5.63. The Morgan fingerprint density at radius 1 is 1.18 bits per heavy atom. The van der Waals surface area contributed by atoms with Crippen LogP contribution in [0.15, 0.2) is 35.6 Å². The molecule has 1 aromatic heterocycles. The molecule has 0 aliphatic heterocycles. The van der Waals surface area contributed by atoms with E-state index in [0.29, 0.717) is 25.6 Å². The Labute approximate surface area is 178 Å². The molecule has 0 amide bonds. The standard InChI is InChI=1S/C17H23F3N6O.HI/c1-3-21-16(23-10-15-25-24-12-26(15)4-2)22-9-13-5-7-14(8-6-13)27-11-17(18,19)20;/h5-8,12H,3-4,9-11H2,1-2H3,(H2,21,22,23);1H. The minimum absolute atomic E-state index is 0. The molecule has 11 heteroatoms. The Morgan fingerprint density at radius 3 is 2.50 bits per heavy atom. The van der Waals surface area contributed by atoms with Crippen molar-refractivity contribution in [2.75, 3.05) is 13.2 Å². The fraction of sp³-hybridized carbons (Fsp3) is 0.471. The molecule has 1 heterocycles. The summed E-state index contributed by atoms with van der Waals surface area (Å²) in [6.45, 7) is 4.98. The van der Waals surface area contributed by atoms with Gasteiger partial charge in [0, 0.05) is 13.1 Å². The summed E-state index contributed by atoms with van der Waals surface area (Å²) in [6, 6.07) is 6.38. The minimum atomic E-state index is -4.35. The molecule has 0 aliphatic rings. The van der Waals surface area contributed by atoms with Crippen molar-refractivity contribution < 1.29 is 17.9 Å². The third kappa shape index (κ3) is 8.31. The monoisotopic (exact) mass is 512 g/mol. The maximum Gasteiger partial charge on any atom is 0.422 e. The molecule has 7 nitrogen and oxygen atoms in total. The molecule has 0 aliphatic carbocycles. The smallest absolute Gasteiger partial charge is 0.422 e. The number of aryl methyl sites for hydroxylation is 1. The first-order valence-corrected chi connectivity index (χ1v) is 8.58. The molecule has 0 saturated carbocycles. The van der Waals surface area contributed by atoms with Crippen LogP contribution >= 0.6 is 24.0 Å². The van der Waals surface area contributed by atoms with Crippen LogP contribution in [0, 0.1) is 0 Å². The first-order valence-electron chi connectivity index (χ1n) is 8.58. The van der Waals surface area contributed by atoms with Crippen LogP contribution in [0.25, 0.3) is 0 Å². The maximum absolute atomic E-state index is 12.2. The van der Waals surface area contributed by atoms with Gasteiger partial charge in [0.1, 0.15) is 12.1 Å². The molecule has 0 bridgehead atoms. The van der Waals surface area contributed by atoms with Gasteiger partial charge in [-0.25, -0.2) is 4.99 Å². The molecule has 0 fully saturated rings. The number of halogens is 4. The number of hydrogen-bond donors (Lipinski definition) is 2. The van der Waals surface area contributed by atoms with E-state index in [-0.39, 0.29) is 29.7 Å². The van der Waals surface area contributed by atoms with Gasteiger partial charge in [-0.15, -0.1) is 34.2 Å². The van der Waals surface area contributed by atoms with Crippen molar-refractivity contribution in [3.05, 3.63) is 42.0 Å². The van der Waals surface area contributed by atoms with Crippen LogP contribution in [0.3, 0.4) is 0 Å². The van der Waals surface area contributed by atoms with E-state index >= 15 is 0 Å². The van der Waals surface area contributed by atoms with Gasteiger partial charge < -0.3 is 19.9 Å². The van der Waals surface area contributed by atoms with E-state index in [1.54, 1.807) is 18.5 Å². The lowest BCUT2D eigenvalue weighted by Crippen LogP contribution is -2.37. The summed E-state index contributed by atoms with van der Waals surface area (Å²) in [7, 11) is 0. The van der Waals surface area contributed by atoms with Gasteiger partial charge in [-0.05, 0) is 31.5 Å². The van der Waals surface area contributed by atoms with Crippen LogP contribution in [-0.2, 0) is 19.6 Å². The first kappa shape index (κ1) is 24.0. The molecule has 0 radical (unpaired) electrons. The number of benzene rings is 1. The van der Waals surface area contributed by atoms with E-state index in [2.05, 4.69) is 25.8 Å². The average Bonchev–Trinajstić information content (AvgIpc) is 3.10. The zero-order valence-corrected chi connectivity index (χ0v) is 18.0. The van der Waals surface area contributed by atoms with Crippen molar-refractivity contribution in [3.63, 3.8) is 0 Å². The van der Waals surface area contributed by atoms with Crippen molar-refractivity contribution in [2.45, 2.75) is 39.7 Å². The van der Waals surface area contributed by atoms with Gasteiger partial charge in [-0.2, -0.15) is 13.2 Å².